The number of nitrogens with one attached hydrogen (secondary N) is 1. The lowest BCUT2D eigenvalue weighted by atomic mass is 10.1. The van der Waals surface area contributed by atoms with Gasteiger partial charge in [-0.25, -0.2) is 0 Å². The lowest BCUT2D eigenvalue weighted by Crippen LogP contribution is -2.28. The molecule has 0 saturated carbocycles. The molecule has 2 amide bonds. The first-order valence-corrected chi connectivity index (χ1v) is 10.8. The molecule has 3 rings (SSSR count). The van der Waals surface area contributed by atoms with Gasteiger partial charge in [0.1, 0.15) is 11.5 Å². The monoisotopic (exact) mass is 504 g/mol. The van der Waals surface area contributed by atoms with Gasteiger partial charge in [0, 0.05) is 29.2 Å². The Morgan fingerprint density at radius 2 is 1.81 bits per heavy atom. The molecule has 0 aliphatic carbocycles. The summed E-state index contributed by atoms with van der Waals surface area (Å²) < 4.78 is 16.7. The van der Waals surface area contributed by atoms with Crippen molar-refractivity contribution in [3.8, 4) is 11.5 Å². The van der Waals surface area contributed by atoms with Crippen LogP contribution in [0.4, 0.5) is 11.4 Å². The van der Waals surface area contributed by atoms with E-state index in [0.717, 1.165) is 15.6 Å². The summed E-state index contributed by atoms with van der Waals surface area (Å²) in [5.41, 5.74) is 3.14. The Bertz CT molecular complexity index is 1030. The normalized spacial score (nSPS) is 15.5. The van der Waals surface area contributed by atoms with E-state index < -0.39 is 24.4 Å². The van der Waals surface area contributed by atoms with E-state index >= 15 is 0 Å². The van der Waals surface area contributed by atoms with Gasteiger partial charge in [-0.15, -0.1) is 0 Å². The third-order valence-electron chi connectivity index (χ3n) is 5.20. The highest BCUT2D eigenvalue weighted by atomic mass is 79.9. The zero-order valence-corrected chi connectivity index (χ0v) is 19.9. The molecule has 1 aliphatic heterocycles. The zero-order chi connectivity index (χ0) is 23.4. The summed E-state index contributed by atoms with van der Waals surface area (Å²) in [7, 11) is 3.04. The van der Waals surface area contributed by atoms with Crippen LogP contribution in [-0.2, 0) is 19.1 Å². The van der Waals surface area contributed by atoms with E-state index in [2.05, 4.69) is 21.2 Å². The molecule has 0 spiro atoms. The number of nitrogens with zero attached hydrogens (tertiary/aromatic N) is 1. The fourth-order valence-corrected chi connectivity index (χ4v) is 3.80. The highest BCUT2D eigenvalue weighted by Gasteiger charge is 2.37. The second kappa shape index (κ2) is 10.0. The Morgan fingerprint density at radius 3 is 2.44 bits per heavy atom. The van der Waals surface area contributed by atoms with Crippen LogP contribution in [0.15, 0.2) is 34.8 Å². The van der Waals surface area contributed by atoms with Crippen LogP contribution in [0.3, 0.4) is 0 Å². The van der Waals surface area contributed by atoms with Crippen molar-refractivity contribution >= 4 is 45.1 Å². The number of aryl methyl sites for hydroxylation is 2. The molecule has 0 bridgehead atoms. The van der Waals surface area contributed by atoms with Crippen LogP contribution >= 0.6 is 15.9 Å². The fourth-order valence-electron chi connectivity index (χ4n) is 3.58. The molecule has 1 atom stereocenters. The Labute approximate surface area is 194 Å². The maximum Gasteiger partial charge on any atom is 0.311 e. The number of anilines is 2. The van der Waals surface area contributed by atoms with Crippen LogP contribution in [0, 0.1) is 19.8 Å². The second-order valence-electron chi connectivity index (χ2n) is 7.52. The van der Waals surface area contributed by atoms with Crippen LogP contribution in [0.1, 0.15) is 17.5 Å². The summed E-state index contributed by atoms with van der Waals surface area (Å²) in [5, 5.41) is 2.72. The van der Waals surface area contributed by atoms with Gasteiger partial charge in [-0.1, -0.05) is 15.9 Å². The molecule has 0 aromatic heterocycles. The molecule has 8 nitrogen and oxygen atoms in total. The largest absolute Gasteiger partial charge is 0.497 e. The Hall–Kier alpha value is -3.07. The maximum absolute atomic E-state index is 12.5. The summed E-state index contributed by atoms with van der Waals surface area (Å²) in [5.74, 6) is -0.870. The van der Waals surface area contributed by atoms with Crippen molar-refractivity contribution in [3.63, 3.8) is 0 Å². The van der Waals surface area contributed by atoms with E-state index in [0.29, 0.717) is 22.9 Å². The number of amides is 2. The van der Waals surface area contributed by atoms with Gasteiger partial charge in [0.05, 0.1) is 25.8 Å². The van der Waals surface area contributed by atoms with Gasteiger partial charge in [-0.3, -0.25) is 14.4 Å². The van der Waals surface area contributed by atoms with E-state index in [1.807, 2.05) is 26.0 Å². The number of ether oxygens (including phenoxy) is 3. The molecule has 2 aromatic rings. The Kier molecular flexibility index (Phi) is 7.40. The molecule has 1 saturated heterocycles. The van der Waals surface area contributed by atoms with Crippen molar-refractivity contribution in [1.29, 1.82) is 0 Å². The lowest BCUT2D eigenvalue weighted by molar-refractivity contribution is -0.151. The third kappa shape index (κ3) is 5.21. The topological polar surface area (TPSA) is 94.2 Å². The lowest BCUT2D eigenvalue weighted by Gasteiger charge is -2.20. The second-order valence-corrected chi connectivity index (χ2v) is 8.32. The molecule has 32 heavy (non-hydrogen) atoms. The van der Waals surface area contributed by atoms with Gasteiger partial charge in [0.2, 0.25) is 5.91 Å². The number of hydrogen-bond acceptors (Lipinski definition) is 6. The minimum Gasteiger partial charge on any atom is -0.497 e. The summed E-state index contributed by atoms with van der Waals surface area (Å²) in [6.07, 6.45) is 0.000732. The SMILES string of the molecule is COc1ccc(N2C[C@H](C(=O)OCC(=O)Nc3cc(C)c(Br)c(C)c3)CC2=O)c(OC)c1. The van der Waals surface area contributed by atoms with Gasteiger partial charge in [0.15, 0.2) is 6.61 Å². The highest BCUT2D eigenvalue weighted by molar-refractivity contribution is 9.10. The molecule has 0 radical (unpaired) electrons. The predicted molar refractivity (Wildman–Crippen MR) is 123 cm³/mol. The number of benzene rings is 2. The molecule has 0 unspecified atom stereocenters. The molecule has 1 N–H and O–H groups in total. The van der Waals surface area contributed by atoms with Crippen molar-refractivity contribution < 1.29 is 28.6 Å². The first-order valence-electron chi connectivity index (χ1n) is 9.99. The maximum atomic E-state index is 12.5. The van der Waals surface area contributed by atoms with Crippen molar-refractivity contribution in [2.24, 2.45) is 5.92 Å². The molecule has 1 aliphatic rings. The number of rotatable bonds is 7. The quantitative estimate of drug-likeness (QED) is 0.578. The summed E-state index contributed by atoms with van der Waals surface area (Å²) in [6.45, 7) is 3.57. The number of methoxy groups -OCH3 is 2. The average molecular weight is 505 g/mol. The van der Waals surface area contributed by atoms with E-state index in [1.54, 1.807) is 18.2 Å². The minimum absolute atomic E-state index is 0.000732. The van der Waals surface area contributed by atoms with E-state index in [9.17, 15) is 14.4 Å². The van der Waals surface area contributed by atoms with Gasteiger partial charge >= 0.3 is 5.97 Å². The molecular weight excluding hydrogens is 480 g/mol. The number of esters is 1. The van der Waals surface area contributed by atoms with Crippen molar-refractivity contribution in [1.82, 2.24) is 0 Å². The summed E-state index contributed by atoms with van der Waals surface area (Å²) >= 11 is 3.48. The summed E-state index contributed by atoms with van der Waals surface area (Å²) in [6, 6.07) is 8.74. The number of carbonyl (C=O) groups is 3. The van der Waals surface area contributed by atoms with E-state index in [-0.39, 0.29) is 18.9 Å². The predicted octanol–water partition coefficient (Wildman–Crippen LogP) is 3.62. The molecule has 1 fully saturated rings. The van der Waals surface area contributed by atoms with Gasteiger partial charge in [0.25, 0.3) is 5.91 Å². The van der Waals surface area contributed by atoms with Crippen molar-refractivity contribution in [2.75, 3.05) is 37.6 Å². The van der Waals surface area contributed by atoms with Gasteiger partial charge in [-0.2, -0.15) is 0 Å². The smallest absolute Gasteiger partial charge is 0.311 e. The zero-order valence-electron chi connectivity index (χ0n) is 18.4. The molecule has 1 heterocycles. The van der Waals surface area contributed by atoms with Crippen LogP contribution in [-0.4, -0.2) is 45.2 Å². The van der Waals surface area contributed by atoms with Crippen LogP contribution in [0.2, 0.25) is 0 Å². The average Bonchev–Trinajstić information content (AvgIpc) is 3.16. The van der Waals surface area contributed by atoms with Crippen LogP contribution in [0.5, 0.6) is 11.5 Å². The molecule has 9 heteroatoms. The van der Waals surface area contributed by atoms with Crippen LogP contribution < -0.4 is 19.7 Å². The third-order valence-corrected chi connectivity index (χ3v) is 6.45. The summed E-state index contributed by atoms with van der Waals surface area (Å²) in [4.78, 5) is 38.7. The Morgan fingerprint density at radius 1 is 1.12 bits per heavy atom. The molecule has 2 aromatic carbocycles. The highest BCUT2D eigenvalue weighted by Crippen LogP contribution is 2.36. The first-order chi connectivity index (χ1) is 15.2. The first kappa shape index (κ1) is 23.6. The van der Waals surface area contributed by atoms with Gasteiger partial charge in [-0.05, 0) is 49.2 Å². The van der Waals surface area contributed by atoms with E-state index in [1.165, 1.54) is 19.1 Å². The number of halogens is 1. The van der Waals surface area contributed by atoms with E-state index in [4.69, 9.17) is 14.2 Å². The molecule has 170 valence electrons. The number of hydrogen-bond donors (Lipinski definition) is 1. The minimum atomic E-state index is -0.667. The van der Waals surface area contributed by atoms with Crippen LogP contribution in [0.25, 0.3) is 0 Å². The standard InChI is InChI=1S/C23H25BrN2O6/c1-13-7-16(8-14(2)22(13)24)25-20(27)12-32-23(29)15-9-21(28)26(11-15)18-6-5-17(30-3)10-19(18)31-4/h5-8,10,15H,9,11-12H2,1-4H3,(H,25,27)/t15-/m1/s1. The molecular formula is C23H25BrN2O6. The van der Waals surface area contributed by atoms with Crippen molar-refractivity contribution in [3.05, 3.63) is 45.9 Å². The Balaban J connectivity index is 1.59. The van der Waals surface area contributed by atoms with Crippen molar-refractivity contribution in [2.45, 2.75) is 20.3 Å². The van der Waals surface area contributed by atoms with Gasteiger partial charge < -0.3 is 24.4 Å². The number of carbonyl (C=O) groups excluding carboxylic acids is 3. The fraction of sp³-hybridized carbons (Fsp3) is 0.348.